The van der Waals surface area contributed by atoms with Gasteiger partial charge >= 0.3 is 0 Å². The fourth-order valence-electron chi connectivity index (χ4n) is 3.77. The fourth-order valence-corrected chi connectivity index (χ4v) is 4.23. The Morgan fingerprint density at radius 3 is 2.41 bits per heavy atom. The van der Waals surface area contributed by atoms with Crippen LogP contribution in [0.1, 0.15) is 35.9 Å². The largest absolute Gasteiger partial charge is 0.369 e. The number of anilines is 1. The summed E-state index contributed by atoms with van der Waals surface area (Å²) in [5, 5.41) is 0. The van der Waals surface area contributed by atoms with Crippen molar-refractivity contribution >= 4 is 17.7 Å². The van der Waals surface area contributed by atoms with E-state index in [1.165, 1.54) is 26.2 Å². The Bertz CT molecular complexity index is 1040. The van der Waals surface area contributed by atoms with Gasteiger partial charge in [-0.1, -0.05) is 36.4 Å². The zero-order chi connectivity index (χ0) is 19.0. The number of rotatable bonds is 4. The quantitative estimate of drug-likeness (QED) is 0.684. The summed E-state index contributed by atoms with van der Waals surface area (Å²) in [5.41, 5.74) is 10.4. The van der Waals surface area contributed by atoms with Crippen LogP contribution in [0.3, 0.4) is 0 Å². The maximum atomic E-state index is 12.1. The molecule has 1 saturated carbocycles. The highest BCUT2D eigenvalue weighted by molar-refractivity contribution is 7.98. The minimum absolute atomic E-state index is 0.0919. The van der Waals surface area contributed by atoms with Gasteiger partial charge in [0, 0.05) is 23.9 Å². The van der Waals surface area contributed by atoms with Gasteiger partial charge in [0.25, 0.3) is 5.56 Å². The zero-order valence-electron chi connectivity index (χ0n) is 15.6. The topological polar surface area (TPSA) is 60.9 Å². The molecule has 1 heterocycles. The van der Waals surface area contributed by atoms with Gasteiger partial charge in [0.15, 0.2) is 0 Å². The molecule has 27 heavy (non-hydrogen) atoms. The average Bonchev–Trinajstić information content (AvgIpc) is 2.65. The van der Waals surface area contributed by atoms with Crippen molar-refractivity contribution in [1.82, 2.24) is 9.55 Å². The van der Waals surface area contributed by atoms with Crippen molar-refractivity contribution in [3.63, 3.8) is 0 Å². The predicted octanol–water partition coefficient (Wildman–Crippen LogP) is 4.41. The molecule has 1 aliphatic rings. The molecule has 3 aromatic rings. The van der Waals surface area contributed by atoms with E-state index in [0.29, 0.717) is 5.92 Å². The molecule has 1 aromatic heterocycles. The Morgan fingerprint density at radius 1 is 1.04 bits per heavy atom. The van der Waals surface area contributed by atoms with Crippen LogP contribution in [0.4, 0.5) is 5.95 Å². The van der Waals surface area contributed by atoms with E-state index in [0.717, 1.165) is 18.5 Å². The van der Waals surface area contributed by atoms with E-state index in [1.807, 2.05) is 0 Å². The third-order valence-electron chi connectivity index (χ3n) is 5.56. The van der Waals surface area contributed by atoms with Gasteiger partial charge in [-0.05, 0) is 53.8 Å². The molecular weight excluding hydrogens is 354 g/mol. The molecule has 2 unspecified atom stereocenters. The van der Waals surface area contributed by atoms with Crippen molar-refractivity contribution < 1.29 is 0 Å². The molecule has 0 amide bonds. The Balaban J connectivity index is 1.65. The first-order valence-electron chi connectivity index (χ1n) is 9.14. The number of hydrogen-bond donors (Lipinski definition) is 1. The average molecular weight is 378 g/mol. The molecule has 0 radical (unpaired) electrons. The molecule has 1 fully saturated rings. The van der Waals surface area contributed by atoms with E-state index < -0.39 is 0 Å². The highest BCUT2D eigenvalue weighted by Crippen LogP contribution is 2.48. The van der Waals surface area contributed by atoms with E-state index in [-0.39, 0.29) is 17.4 Å². The molecule has 138 valence electrons. The highest BCUT2D eigenvalue weighted by atomic mass is 32.2. The van der Waals surface area contributed by atoms with Crippen LogP contribution in [0.25, 0.3) is 11.1 Å². The maximum absolute atomic E-state index is 12.1. The number of nitrogens with two attached hydrogens (primary N) is 1. The van der Waals surface area contributed by atoms with Crippen molar-refractivity contribution in [2.45, 2.75) is 29.6 Å². The summed E-state index contributed by atoms with van der Waals surface area (Å²) in [6, 6.07) is 19.0. The van der Waals surface area contributed by atoms with Crippen molar-refractivity contribution in [1.29, 1.82) is 0 Å². The summed E-state index contributed by atoms with van der Waals surface area (Å²) >= 11 is 1.75. The van der Waals surface area contributed by atoms with Gasteiger partial charge in [-0.15, -0.1) is 11.8 Å². The summed E-state index contributed by atoms with van der Waals surface area (Å²) in [6.07, 6.45) is 4.24. The number of benzene rings is 2. The Morgan fingerprint density at radius 2 is 1.74 bits per heavy atom. The molecule has 4 rings (SSSR count). The molecule has 2 aromatic carbocycles. The summed E-state index contributed by atoms with van der Waals surface area (Å²) in [6.45, 7) is 0. The molecule has 1 aliphatic carbocycles. The van der Waals surface area contributed by atoms with Crippen LogP contribution in [0, 0.1) is 0 Å². The monoisotopic (exact) mass is 377 g/mol. The zero-order valence-corrected chi connectivity index (χ0v) is 16.4. The molecule has 2 atom stereocenters. The summed E-state index contributed by atoms with van der Waals surface area (Å²) in [7, 11) is 1.65. The first-order valence-corrected chi connectivity index (χ1v) is 10.4. The van der Waals surface area contributed by atoms with Crippen LogP contribution < -0.4 is 11.3 Å². The van der Waals surface area contributed by atoms with Crippen LogP contribution in [0.15, 0.2) is 64.3 Å². The van der Waals surface area contributed by atoms with Gasteiger partial charge in [-0.25, -0.2) is 4.98 Å². The van der Waals surface area contributed by atoms with E-state index >= 15 is 0 Å². The van der Waals surface area contributed by atoms with Gasteiger partial charge in [0.2, 0.25) is 5.95 Å². The van der Waals surface area contributed by atoms with E-state index in [2.05, 4.69) is 59.8 Å². The smallest absolute Gasteiger partial charge is 0.254 e. The van der Waals surface area contributed by atoms with Gasteiger partial charge < -0.3 is 5.73 Å². The second kappa shape index (κ2) is 7.24. The Kier molecular flexibility index (Phi) is 4.79. The molecule has 0 aliphatic heterocycles. The Labute approximate surface area is 163 Å². The standard InChI is InChI=1S/C22H23N3OS/c1-25-21(26)13-20(24-22(25)23)19-10-9-18(19)16-7-3-5-14(11-16)15-6-4-8-17(12-15)27-2/h3-8,11-13,18-19H,9-10H2,1-2H3,(H2,23,24). The molecule has 5 heteroatoms. The number of nitrogens with zero attached hydrogens (tertiary/aromatic N) is 2. The number of aromatic nitrogens is 2. The minimum atomic E-state index is -0.0919. The number of thioether (sulfide) groups is 1. The van der Waals surface area contributed by atoms with Gasteiger partial charge in [-0.3, -0.25) is 9.36 Å². The lowest BCUT2D eigenvalue weighted by Gasteiger charge is -2.37. The van der Waals surface area contributed by atoms with Crippen molar-refractivity contribution in [3.8, 4) is 11.1 Å². The first-order chi connectivity index (χ1) is 13.1. The van der Waals surface area contributed by atoms with Crippen LogP contribution in [-0.2, 0) is 7.05 Å². The third-order valence-corrected chi connectivity index (χ3v) is 6.29. The lowest BCUT2D eigenvalue weighted by atomic mass is 9.68. The second-order valence-corrected chi connectivity index (χ2v) is 7.96. The van der Waals surface area contributed by atoms with E-state index in [4.69, 9.17) is 5.73 Å². The van der Waals surface area contributed by atoms with E-state index in [9.17, 15) is 4.79 Å². The normalized spacial score (nSPS) is 18.9. The van der Waals surface area contributed by atoms with Gasteiger partial charge in [0.05, 0.1) is 5.69 Å². The fraction of sp³-hybridized carbons (Fsp3) is 0.273. The summed E-state index contributed by atoms with van der Waals surface area (Å²) < 4.78 is 1.39. The molecule has 0 spiro atoms. The second-order valence-electron chi connectivity index (χ2n) is 7.08. The number of hydrogen-bond acceptors (Lipinski definition) is 4. The molecule has 0 saturated heterocycles. The molecule has 2 N–H and O–H groups in total. The third kappa shape index (κ3) is 3.39. The lowest BCUT2D eigenvalue weighted by Crippen LogP contribution is -2.28. The summed E-state index contributed by atoms with van der Waals surface area (Å²) in [5.74, 6) is 0.924. The van der Waals surface area contributed by atoms with Gasteiger partial charge in [-0.2, -0.15) is 0 Å². The summed E-state index contributed by atoms with van der Waals surface area (Å²) in [4.78, 5) is 17.8. The van der Waals surface area contributed by atoms with Crippen LogP contribution >= 0.6 is 11.8 Å². The van der Waals surface area contributed by atoms with Gasteiger partial charge in [0.1, 0.15) is 0 Å². The number of nitrogen functional groups attached to an aromatic ring is 1. The minimum Gasteiger partial charge on any atom is -0.369 e. The highest BCUT2D eigenvalue weighted by Gasteiger charge is 2.35. The van der Waals surface area contributed by atoms with Crippen LogP contribution in [-0.4, -0.2) is 15.8 Å². The molecular formula is C22H23N3OS. The van der Waals surface area contributed by atoms with Crippen molar-refractivity contribution in [2.24, 2.45) is 7.05 Å². The lowest BCUT2D eigenvalue weighted by molar-refractivity contribution is 0.339. The van der Waals surface area contributed by atoms with E-state index in [1.54, 1.807) is 24.9 Å². The van der Waals surface area contributed by atoms with Crippen LogP contribution in [0.5, 0.6) is 0 Å². The Hall–Kier alpha value is -2.53. The predicted molar refractivity (Wildman–Crippen MR) is 112 cm³/mol. The van der Waals surface area contributed by atoms with Crippen molar-refractivity contribution in [2.75, 3.05) is 12.0 Å². The van der Waals surface area contributed by atoms with Crippen molar-refractivity contribution in [3.05, 3.63) is 76.2 Å². The molecule has 4 nitrogen and oxygen atoms in total. The maximum Gasteiger partial charge on any atom is 0.254 e. The van der Waals surface area contributed by atoms with Crippen LogP contribution in [0.2, 0.25) is 0 Å². The SMILES string of the molecule is CSc1cccc(-c2cccc(C3CCC3c3cc(=O)n(C)c(N)n3)c2)c1. The first kappa shape index (κ1) is 17.9. The molecule has 0 bridgehead atoms.